The normalized spacial score (nSPS) is 14.6. The monoisotopic (exact) mass is 410 g/mol. The third kappa shape index (κ3) is 4.39. The number of hydrogen-bond donors (Lipinski definition) is 2. The molecular weight excluding hydrogens is 384 g/mol. The van der Waals surface area contributed by atoms with Crippen LogP contribution in [-0.2, 0) is 0 Å². The molecule has 2 heterocycles. The maximum Gasteiger partial charge on any atom is 0.287 e. The van der Waals surface area contributed by atoms with Crippen LogP contribution in [-0.4, -0.2) is 25.5 Å². The zero-order valence-electron chi connectivity index (χ0n) is 17.4. The van der Waals surface area contributed by atoms with Crippen molar-refractivity contribution in [3.63, 3.8) is 0 Å². The van der Waals surface area contributed by atoms with Gasteiger partial charge in [0.15, 0.2) is 5.76 Å². The quantitative estimate of drug-likeness (QED) is 0.457. The van der Waals surface area contributed by atoms with E-state index in [9.17, 15) is 4.79 Å². The van der Waals surface area contributed by atoms with E-state index in [2.05, 4.69) is 65.2 Å². The first-order chi connectivity index (χ1) is 15.3. The lowest BCUT2D eigenvalue weighted by atomic mass is 9.98. The minimum absolute atomic E-state index is 0.137. The number of carbonyl (C=O) groups is 1. The van der Waals surface area contributed by atoms with Crippen molar-refractivity contribution in [2.45, 2.75) is 12.8 Å². The molecule has 1 aromatic heterocycles. The molecule has 0 radical (unpaired) electrons. The maximum atomic E-state index is 12.6. The van der Waals surface area contributed by atoms with Crippen molar-refractivity contribution < 1.29 is 9.21 Å². The average Bonchev–Trinajstić information content (AvgIpc) is 3.27. The highest BCUT2D eigenvalue weighted by Crippen LogP contribution is 2.30. The van der Waals surface area contributed by atoms with Gasteiger partial charge in [0.2, 0.25) is 0 Å². The van der Waals surface area contributed by atoms with Gasteiger partial charge in [0.1, 0.15) is 5.58 Å². The van der Waals surface area contributed by atoms with Crippen LogP contribution in [0.2, 0.25) is 0 Å². The maximum absolute atomic E-state index is 12.6. The highest BCUT2D eigenvalue weighted by molar-refractivity contribution is 5.97. The zero-order chi connectivity index (χ0) is 21.0. The van der Waals surface area contributed by atoms with Crippen LogP contribution in [0, 0.1) is 5.92 Å². The van der Waals surface area contributed by atoms with Crippen LogP contribution in [0.5, 0.6) is 0 Å². The molecule has 4 aromatic rings. The lowest BCUT2D eigenvalue weighted by Crippen LogP contribution is -2.35. The molecule has 4 heteroatoms. The molecule has 0 spiro atoms. The van der Waals surface area contributed by atoms with Gasteiger partial charge in [0, 0.05) is 11.9 Å². The highest BCUT2D eigenvalue weighted by Gasteiger charge is 2.17. The summed E-state index contributed by atoms with van der Waals surface area (Å²) >= 11 is 0. The summed E-state index contributed by atoms with van der Waals surface area (Å²) in [4.78, 5) is 12.6. The Morgan fingerprint density at radius 1 is 0.839 bits per heavy atom. The van der Waals surface area contributed by atoms with E-state index in [1.807, 2.05) is 24.3 Å². The van der Waals surface area contributed by atoms with Crippen LogP contribution in [0.1, 0.15) is 23.4 Å². The van der Waals surface area contributed by atoms with Gasteiger partial charge in [-0.25, -0.2) is 0 Å². The van der Waals surface area contributed by atoms with E-state index < -0.39 is 0 Å². The number of nitrogens with one attached hydrogen (secondary N) is 2. The van der Waals surface area contributed by atoms with E-state index in [1.165, 1.54) is 11.1 Å². The SMILES string of the molecule is O=C(NCC1CCNCC1)c1cc2ccc(-c3cccc(-c4ccccc4)c3)cc2o1. The van der Waals surface area contributed by atoms with E-state index in [-0.39, 0.29) is 5.91 Å². The molecule has 1 aliphatic rings. The number of fused-ring (bicyclic) bond motifs is 1. The van der Waals surface area contributed by atoms with Crippen LogP contribution < -0.4 is 10.6 Å². The topological polar surface area (TPSA) is 54.3 Å². The van der Waals surface area contributed by atoms with Crippen molar-refractivity contribution in [1.82, 2.24) is 10.6 Å². The molecule has 1 amide bonds. The summed E-state index contributed by atoms with van der Waals surface area (Å²) in [5.74, 6) is 0.777. The first-order valence-electron chi connectivity index (χ1n) is 10.9. The fourth-order valence-corrected chi connectivity index (χ4v) is 4.24. The van der Waals surface area contributed by atoms with E-state index in [0.29, 0.717) is 18.2 Å². The molecule has 0 aliphatic carbocycles. The molecule has 0 atom stereocenters. The summed E-state index contributed by atoms with van der Waals surface area (Å²) in [6, 6.07) is 26.8. The fraction of sp³-hybridized carbons (Fsp3) is 0.222. The number of rotatable bonds is 5. The third-order valence-corrected chi connectivity index (χ3v) is 6.06. The Morgan fingerprint density at radius 3 is 2.35 bits per heavy atom. The molecule has 1 saturated heterocycles. The largest absolute Gasteiger partial charge is 0.451 e. The minimum Gasteiger partial charge on any atom is -0.451 e. The standard InChI is InChI=1S/C27H26N2O2/c30-27(29-18-19-11-13-28-14-12-19)26-17-24-10-9-23(16-25(24)31-26)22-8-4-7-21(15-22)20-5-2-1-3-6-20/h1-10,15-17,19,28H,11-14,18H2,(H,29,30). The van der Waals surface area contributed by atoms with Gasteiger partial charge in [-0.15, -0.1) is 0 Å². The van der Waals surface area contributed by atoms with Gasteiger partial charge in [0.25, 0.3) is 5.91 Å². The number of piperidine rings is 1. The molecule has 2 N–H and O–H groups in total. The molecule has 0 bridgehead atoms. The molecular formula is C27H26N2O2. The van der Waals surface area contributed by atoms with Crippen LogP contribution in [0.15, 0.2) is 83.3 Å². The summed E-state index contributed by atoms with van der Waals surface area (Å²) < 4.78 is 5.92. The summed E-state index contributed by atoms with van der Waals surface area (Å²) in [5, 5.41) is 7.33. The average molecular weight is 411 g/mol. The first kappa shape index (κ1) is 19.6. The molecule has 31 heavy (non-hydrogen) atoms. The number of carbonyl (C=O) groups excluding carboxylic acids is 1. The summed E-state index contributed by atoms with van der Waals surface area (Å²) in [6.45, 7) is 2.76. The highest BCUT2D eigenvalue weighted by atomic mass is 16.3. The van der Waals surface area contributed by atoms with E-state index >= 15 is 0 Å². The summed E-state index contributed by atoms with van der Waals surface area (Å²) in [7, 11) is 0. The number of furan rings is 1. The van der Waals surface area contributed by atoms with Gasteiger partial charge in [-0.2, -0.15) is 0 Å². The lowest BCUT2D eigenvalue weighted by Gasteiger charge is -2.22. The van der Waals surface area contributed by atoms with Crippen molar-refractivity contribution in [3.8, 4) is 22.3 Å². The van der Waals surface area contributed by atoms with Crippen LogP contribution >= 0.6 is 0 Å². The molecule has 0 unspecified atom stereocenters. The molecule has 5 rings (SSSR count). The van der Waals surface area contributed by atoms with Crippen molar-refractivity contribution in [3.05, 3.63) is 84.6 Å². The van der Waals surface area contributed by atoms with Crippen molar-refractivity contribution >= 4 is 16.9 Å². The Bertz CT molecular complexity index is 1190. The number of amides is 1. The predicted molar refractivity (Wildman–Crippen MR) is 125 cm³/mol. The van der Waals surface area contributed by atoms with Gasteiger partial charge in [-0.05, 0) is 72.3 Å². The summed E-state index contributed by atoms with van der Waals surface area (Å²) in [5.41, 5.74) is 5.29. The zero-order valence-corrected chi connectivity index (χ0v) is 17.4. The van der Waals surface area contributed by atoms with E-state index in [4.69, 9.17) is 4.42 Å². The Hall–Kier alpha value is -3.37. The Balaban J connectivity index is 1.35. The summed E-state index contributed by atoms with van der Waals surface area (Å²) in [6.07, 6.45) is 2.21. The van der Waals surface area contributed by atoms with Gasteiger partial charge in [0.05, 0.1) is 0 Å². The van der Waals surface area contributed by atoms with E-state index in [1.54, 1.807) is 0 Å². The first-order valence-corrected chi connectivity index (χ1v) is 10.9. The lowest BCUT2D eigenvalue weighted by molar-refractivity contribution is 0.0918. The van der Waals surface area contributed by atoms with Crippen molar-refractivity contribution in [2.75, 3.05) is 19.6 Å². The van der Waals surface area contributed by atoms with Crippen LogP contribution in [0.25, 0.3) is 33.2 Å². The minimum atomic E-state index is -0.137. The smallest absolute Gasteiger partial charge is 0.287 e. The Morgan fingerprint density at radius 2 is 1.55 bits per heavy atom. The molecule has 1 aliphatic heterocycles. The third-order valence-electron chi connectivity index (χ3n) is 6.06. The van der Waals surface area contributed by atoms with Gasteiger partial charge >= 0.3 is 0 Å². The van der Waals surface area contributed by atoms with Crippen LogP contribution in [0.3, 0.4) is 0 Å². The number of hydrogen-bond acceptors (Lipinski definition) is 3. The Kier molecular flexibility index (Phi) is 5.55. The van der Waals surface area contributed by atoms with Gasteiger partial charge in [-0.3, -0.25) is 4.79 Å². The van der Waals surface area contributed by atoms with Crippen molar-refractivity contribution in [2.24, 2.45) is 5.92 Å². The van der Waals surface area contributed by atoms with Crippen molar-refractivity contribution in [1.29, 1.82) is 0 Å². The molecule has 156 valence electrons. The second-order valence-corrected chi connectivity index (χ2v) is 8.21. The molecule has 0 saturated carbocycles. The molecule has 4 nitrogen and oxygen atoms in total. The van der Waals surface area contributed by atoms with Crippen LogP contribution in [0.4, 0.5) is 0 Å². The van der Waals surface area contributed by atoms with E-state index in [0.717, 1.165) is 48.0 Å². The fourth-order valence-electron chi connectivity index (χ4n) is 4.24. The number of benzene rings is 3. The molecule has 1 fully saturated rings. The van der Waals surface area contributed by atoms with Gasteiger partial charge < -0.3 is 15.1 Å². The second kappa shape index (κ2) is 8.78. The second-order valence-electron chi connectivity index (χ2n) is 8.21. The predicted octanol–water partition coefficient (Wildman–Crippen LogP) is 5.50. The molecule has 3 aromatic carbocycles. The van der Waals surface area contributed by atoms with Gasteiger partial charge in [-0.1, -0.05) is 60.7 Å². The Labute approximate surface area is 182 Å².